The summed E-state index contributed by atoms with van der Waals surface area (Å²) in [6, 6.07) is 22.5. The van der Waals surface area contributed by atoms with Crippen LogP contribution < -0.4 is 4.74 Å². The van der Waals surface area contributed by atoms with Crippen molar-refractivity contribution in [3.63, 3.8) is 0 Å². The van der Waals surface area contributed by atoms with E-state index in [1.165, 1.54) is 24.3 Å². The van der Waals surface area contributed by atoms with Gasteiger partial charge in [0.25, 0.3) is 0 Å². The van der Waals surface area contributed by atoms with E-state index in [1.54, 1.807) is 17.3 Å². The zero-order chi connectivity index (χ0) is 30.4. The van der Waals surface area contributed by atoms with Gasteiger partial charge in [0, 0.05) is 13.1 Å². The number of ether oxygens (including phenoxy) is 2. The van der Waals surface area contributed by atoms with Gasteiger partial charge in [-0.1, -0.05) is 94.1 Å². The molecule has 1 atom stereocenters. The molecule has 0 spiro atoms. The Balaban J connectivity index is 1.66. The van der Waals surface area contributed by atoms with E-state index in [0.717, 1.165) is 43.2 Å². The third-order valence-corrected chi connectivity index (χ3v) is 9.23. The SMILES string of the molecule is CCCCCCCN(CCc1cccc(OC(C)(CC)C(=O)OCc2ccccc2)c1)S(=O)(=O)Cc1ccc(F)cc1. The lowest BCUT2D eigenvalue weighted by atomic mass is 10.0. The van der Waals surface area contributed by atoms with Crippen LogP contribution in [0, 0.1) is 5.82 Å². The molecule has 0 saturated carbocycles. The van der Waals surface area contributed by atoms with Crippen molar-refractivity contribution in [1.82, 2.24) is 4.31 Å². The van der Waals surface area contributed by atoms with Crippen LogP contribution in [0.4, 0.5) is 4.39 Å². The van der Waals surface area contributed by atoms with Gasteiger partial charge in [-0.2, -0.15) is 0 Å². The molecule has 3 aromatic rings. The first-order valence-corrected chi connectivity index (χ1v) is 16.5. The van der Waals surface area contributed by atoms with Gasteiger partial charge in [-0.15, -0.1) is 0 Å². The summed E-state index contributed by atoms with van der Waals surface area (Å²) in [7, 11) is -3.62. The second-order valence-corrected chi connectivity index (χ2v) is 12.8. The first-order valence-electron chi connectivity index (χ1n) is 14.9. The van der Waals surface area contributed by atoms with Gasteiger partial charge in [-0.25, -0.2) is 21.9 Å². The zero-order valence-corrected chi connectivity index (χ0v) is 25.9. The molecule has 6 nitrogen and oxygen atoms in total. The summed E-state index contributed by atoms with van der Waals surface area (Å²) < 4.78 is 53.5. The predicted molar refractivity (Wildman–Crippen MR) is 165 cm³/mol. The summed E-state index contributed by atoms with van der Waals surface area (Å²) in [5.41, 5.74) is 1.18. The Kier molecular flexibility index (Phi) is 13.0. The van der Waals surface area contributed by atoms with Gasteiger partial charge in [0.05, 0.1) is 5.75 Å². The normalized spacial score (nSPS) is 13.1. The van der Waals surface area contributed by atoms with E-state index >= 15 is 0 Å². The summed E-state index contributed by atoms with van der Waals surface area (Å²) in [4.78, 5) is 13.0. The topological polar surface area (TPSA) is 72.9 Å². The van der Waals surface area contributed by atoms with Crippen LogP contribution in [-0.2, 0) is 38.3 Å². The summed E-state index contributed by atoms with van der Waals surface area (Å²) in [5, 5.41) is 0. The van der Waals surface area contributed by atoms with Crippen LogP contribution in [0.1, 0.15) is 76.0 Å². The Bertz CT molecular complexity index is 1350. The summed E-state index contributed by atoms with van der Waals surface area (Å²) in [6.45, 7) is 6.65. The van der Waals surface area contributed by atoms with Crippen LogP contribution in [0.3, 0.4) is 0 Å². The zero-order valence-electron chi connectivity index (χ0n) is 25.1. The minimum atomic E-state index is -3.62. The number of carbonyl (C=O) groups excluding carboxylic acids is 1. The maximum absolute atomic E-state index is 13.4. The van der Waals surface area contributed by atoms with Gasteiger partial charge in [0.1, 0.15) is 18.2 Å². The molecule has 0 radical (unpaired) electrons. The fourth-order valence-electron chi connectivity index (χ4n) is 4.58. The fourth-order valence-corrected chi connectivity index (χ4v) is 6.15. The van der Waals surface area contributed by atoms with Gasteiger partial charge < -0.3 is 9.47 Å². The number of halogens is 1. The van der Waals surface area contributed by atoms with E-state index in [4.69, 9.17) is 9.47 Å². The Morgan fingerprint density at radius 1 is 0.833 bits per heavy atom. The van der Waals surface area contributed by atoms with Gasteiger partial charge in [-0.05, 0) is 67.1 Å². The molecule has 0 amide bonds. The standard InChI is InChI=1S/C34H44FNO5S/c1-4-6-7-8-12-23-36(42(38,39)27-30-18-20-31(35)21-19-30)24-22-28-16-13-17-32(25-28)41-34(3,5-2)33(37)40-26-29-14-10-9-11-15-29/h9-11,13-21,25H,4-8,12,22-24,26-27H2,1-3H3. The van der Waals surface area contributed by atoms with Crippen LogP contribution in [0.25, 0.3) is 0 Å². The molecule has 0 aliphatic carbocycles. The van der Waals surface area contributed by atoms with E-state index in [1.807, 2.05) is 55.5 Å². The van der Waals surface area contributed by atoms with E-state index in [2.05, 4.69) is 6.92 Å². The largest absolute Gasteiger partial charge is 0.476 e. The number of hydrogen-bond donors (Lipinski definition) is 0. The van der Waals surface area contributed by atoms with Crippen molar-refractivity contribution in [3.8, 4) is 5.75 Å². The number of sulfonamides is 1. The van der Waals surface area contributed by atoms with Crippen LogP contribution in [0.2, 0.25) is 0 Å². The fraction of sp³-hybridized carbons (Fsp3) is 0.441. The number of esters is 1. The third kappa shape index (κ3) is 10.6. The molecule has 0 saturated heterocycles. The molecule has 8 heteroatoms. The highest BCUT2D eigenvalue weighted by atomic mass is 32.2. The summed E-state index contributed by atoms with van der Waals surface area (Å²) >= 11 is 0. The number of nitrogens with zero attached hydrogens (tertiary/aromatic N) is 1. The third-order valence-electron chi connectivity index (χ3n) is 7.38. The van der Waals surface area contributed by atoms with Gasteiger partial charge in [0.15, 0.2) is 0 Å². The predicted octanol–water partition coefficient (Wildman–Crippen LogP) is 7.46. The smallest absolute Gasteiger partial charge is 0.350 e. The molecule has 3 aromatic carbocycles. The maximum Gasteiger partial charge on any atom is 0.350 e. The molecule has 0 heterocycles. The molecular weight excluding hydrogens is 553 g/mol. The van der Waals surface area contributed by atoms with E-state index in [-0.39, 0.29) is 12.4 Å². The second kappa shape index (κ2) is 16.4. The lowest BCUT2D eigenvalue weighted by Crippen LogP contribution is -2.42. The first kappa shape index (κ1) is 33.3. The van der Waals surface area contributed by atoms with Crippen LogP contribution in [0.15, 0.2) is 78.9 Å². The highest BCUT2D eigenvalue weighted by Crippen LogP contribution is 2.25. The molecule has 228 valence electrons. The lowest BCUT2D eigenvalue weighted by Gasteiger charge is -2.27. The van der Waals surface area contributed by atoms with Crippen molar-refractivity contribution < 1.29 is 27.1 Å². The molecule has 0 bridgehead atoms. The van der Waals surface area contributed by atoms with Crippen LogP contribution >= 0.6 is 0 Å². The Morgan fingerprint density at radius 2 is 1.52 bits per heavy atom. The van der Waals surface area contributed by atoms with Crippen molar-refractivity contribution in [2.24, 2.45) is 0 Å². The Labute approximate surface area is 250 Å². The molecule has 0 N–H and O–H groups in total. The average molecular weight is 598 g/mol. The lowest BCUT2D eigenvalue weighted by molar-refractivity contribution is -0.162. The number of carbonyl (C=O) groups is 1. The number of unbranched alkanes of at least 4 members (excludes halogenated alkanes) is 4. The number of hydrogen-bond acceptors (Lipinski definition) is 5. The summed E-state index contributed by atoms with van der Waals surface area (Å²) in [5.74, 6) is -0.491. The first-order chi connectivity index (χ1) is 20.1. The molecule has 0 aromatic heterocycles. The molecule has 0 aliphatic rings. The van der Waals surface area contributed by atoms with E-state index in [0.29, 0.717) is 37.2 Å². The molecular formula is C34H44FNO5S. The Morgan fingerprint density at radius 3 is 2.21 bits per heavy atom. The van der Waals surface area contributed by atoms with E-state index < -0.39 is 27.4 Å². The van der Waals surface area contributed by atoms with Crippen molar-refractivity contribution >= 4 is 16.0 Å². The number of benzene rings is 3. The van der Waals surface area contributed by atoms with Crippen molar-refractivity contribution in [2.75, 3.05) is 13.1 Å². The summed E-state index contributed by atoms with van der Waals surface area (Å²) in [6.07, 6.45) is 5.97. The van der Waals surface area contributed by atoms with Gasteiger partial charge >= 0.3 is 5.97 Å². The minimum absolute atomic E-state index is 0.166. The monoisotopic (exact) mass is 597 g/mol. The van der Waals surface area contributed by atoms with Crippen LogP contribution in [-0.4, -0.2) is 37.4 Å². The van der Waals surface area contributed by atoms with E-state index in [9.17, 15) is 17.6 Å². The average Bonchev–Trinajstić information content (AvgIpc) is 2.98. The van der Waals surface area contributed by atoms with Gasteiger partial charge in [-0.3, -0.25) is 0 Å². The quantitative estimate of drug-likeness (QED) is 0.112. The van der Waals surface area contributed by atoms with Crippen LogP contribution in [0.5, 0.6) is 5.75 Å². The van der Waals surface area contributed by atoms with Crippen molar-refractivity contribution in [1.29, 1.82) is 0 Å². The minimum Gasteiger partial charge on any atom is -0.476 e. The molecule has 3 rings (SSSR count). The second-order valence-electron chi connectivity index (χ2n) is 10.8. The highest BCUT2D eigenvalue weighted by molar-refractivity contribution is 7.88. The highest BCUT2D eigenvalue weighted by Gasteiger charge is 2.35. The Hall–Kier alpha value is -3.23. The van der Waals surface area contributed by atoms with Gasteiger partial charge in [0.2, 0.25) is 15.6 Å². The molecule has 0 fully saturated rings. The van der Waals surface area contributed by atoms with Crippen molar-refractivity contribution in [3.05, 3.63) is 101 Å². The maximum atomic E-state index is 13.4. The number of rotatable bonds is 18. The van der Waals surface area contributed by atoms with Crippen molar-refractivity contribution in [2.45, 2.75) is 83.7 Å². The molecule has 42 heavy (non-hydrogen) atoms. The molecule has 0 aliphatic heterocycles. The molecule has 1 unspecified atom stereocenters.